The van der Waals surface area contributed by atoms with Crippen LogP contribution in [0.5, 0.6) is 0 Å². The van der Waals surface area contributed by atoms with Gasteiger partial charge in [0.2, 0.25) is 0 Å². The van der Waals surface area contributed by atoms with Gasteiger partial charge in [0.25, 0.3) is 5.91 Å². The number of aromatic nitrogens is 3. The van der Waals surface area contributed by atoms with E-state index in [9.17, 15) is 9.59 Å². The molecule has 9 nitrogen and oxygen atoms in total. The van der Waals surface area contributed by atoms with Crippen LogP contribution in [0.2, 0.25) is 5.15 Å². The molecule has 0 aliphatic rings. The lowest BCUT2D eigenvalue weighted by Crippen LogP contribution is -2.08. The summed E-state index contributed by atoms with van der Waals surface area (Å²) < 4.78 is 6.47. The zero-order chi connectivity index (χ0) is 39.3. The first kappa shape index (κ1) is 37.1. The van der Waals surface area contributed by atoms with Crippen LogP contribution < -0.4 is 16.4 Å². The highest BCUT2D eigenvalue weighted by atomic mass is 35.5. The van der Waals surface area contributed by atoms with Gasteiger partial charge in [-0.3, -0.25) is 9.78 Å². The van der Waals surface area contributed by atoms with Gasteiger partial charge in [-0.15, -0.1) is 22.7 Å². The lowest BCUT2D eigenvalue weighted by Gasteiger charge is -2.10. The number of pyridine rings is 2. The summed E-state index contributed by atoms with van der Waals surface area (Å²) in [5.41, 5.74) is 15.4. The standard InChI is InChI=1S/C24H18N4OS.C21H15ClN2O2S/c25-24(29)21-13-18-20(14-27-22(23(18)30-21)19-7-4-12-26-19)28-17-10-8-16(9-11-17)15-5-2-1-3-6-15;1-26-21(25)18-11-16-17(12-23-20(22)19(16)27-18)24-15-9-7-14(8-10-15)13-5-3-2-4-6-13/h1-14,26,28H,(H2,25,29);2-12,24H,1H3. The number of methoxy groups -OCH3 is 1. The molecule has 5 aromatic heterocycles. The first-order valence-corrected chi connectivity index (χ1v) is 19.7. The molecule has 0 saturated heterocycles. The van der Waals surface area contributed by atoms with Crippen molar-refractivity contribution in [3.63, 3.8) is 0 Å². The fourth-order valence-electron chi connectivity index (χ4n) is 6.27. The van der Waals surface area contributed by atoms with Crippen molar-refractivity contribution in [1.82, 2.24) is 15.0 Å². The number of ether oxygens (including phenoxy) is 1. The van der Waals surface area contributed by atoms with Gasteiger partial charge in [-0.1, -0.05) is 96.5 Å². The predicted molar refractivity (Wildman–Crippen MR) is 234 cm³/mol. The number of nitrogens with one attached hydrogen (secondary N) is 3. The van der Waals surface area contributed by atoms with E-state index in [2.05, 4.69) is 74.1 Å². The molecular formula is C45H33ClN6O3S2. The molecule has 280 valence electrons. The van der Waals surface area contributed by atoms with Crippen LogP contribution in [0.3, 0.4) is 0 Å². The Morgan fingerprint density at radius 3 is 1.68 bits per heavy atom. The summed E-state index contributed by atoms with van der Waals surface area (Å²) in [6.45, 7) is 0. The van der Waals surface area contributed by atoms with Crippen molar-refractivity contribution < 1.29 is 14.3 Å². The summed E-state index contributed by atoms with van der Waals surface area (Å²) in [6, 6.07) is 44.3. The lowest BCUT2D eigenvalue weighted by molar-refractivity contribution is 0.0606. The quantitative estimate of drug-likeness (QED) is 0.0842. The number of fused-ring (bicyclic) bond motifs is 2. The second-order valence-electron chi connectivity index (χ2n) is 12.8. The smallest absolute Gasteiger partial charge is 0.348 e. The van der Waals surface area contributed by atoms with Crippen LogP contribution in [0.1, 0.15) is 19.3 Å². The summed E-state index contributed by atoms with van der Waals surface area (Å²) in [4.78, 5) is 36.7. The summed E-state index contributed by atoms with van der Waals surface area (Å²) in [6.07, 6.45) is 5.32. The van der Waals surface area contributed by atoms with E-state index in [1.165, 1.54) is 40.9 Å². The van der Waals surface area contributed by atoms with Crippen molar-refractivity contribution in [1.29, 1.82) is 0 Å². The van der Waals surface area contributed by atoms with E-state index in [1.54, 1.807) is 18.5 Å². The van der Waals surface area contributed by atoms with Crippen molar-refractivity contribution in [3.05, 3.63) is 167 Å². The van der Waals surface area contributed by atoms with Crippen molar-refractivity contribution in [2.45, 2.75) is 0 Å². The molecule has 0 unspecified atom stereocenters. The minimum Gasteiger partial charge on any atom is -0.465 e. The van der Waals surface area contributed by atoms with Gasteiger partial charge in [0, 0.05) is 28.3 Å². The summed E-state index contributed by atoms with van der Waals surface area (Å²) in [5.74, 6) is -0.822. The van der Waals surface area contributed by atoms with Gasteiger partial charge in [-0.05, 0) is 70.8 Å². The Kier molecular flexibility index (Phi) is 10.8. The number of hydrogen-bond donors (Lipinski definition) is 4. The van der Waals surface area contributed by atoms with Gasteiger partial charge in [0.05, 0.1) is 50.8 Å². The molecule has 1 amide bonds. The maximum atomic E-state index is 11.8. The Labute approximate surface area is 340 Å². The topological polar surface area (TPSA) is 135 Å². The fraction of sp³-hybridized carbons (Fsp3) is 0.0222. The number of primary amides is 1. The Balaban J connectivity index is 0.000000161. The number of nitrogens with two attached hydrogens (primary N) is 1. The second kappa shape index (κ2) is 16.5. The highest BCUT2D eigenvalue weighted by Crippen LogP contribution is 2.39. The van der Waals surface area contributed by atoms with Crippen molar-refractivity contribution in [3.8, 4) is 33.6 Å². The molecule has 9 aromatic rings. The molecule has 5 heterocycles. The summed E-state index contributed by atoms with van der Waals surface area (Å²) in [7, 11) is 1.36. The van der Waals surface area contributed by atoms with Crippen molar-refractivity contribution >= 4 is 89.1 Å². The number of carbonyl (C=O) groups is 2. The molecule has 12 heteroatoms. The molecule has 0 atom stereocenters. The predicted octanol–water partition coefficient (Wildman–Crippen LogP) is 11.9. The molecule has 0 radical (unpaired) electrons. The summed E-state index contributed by atoms with van der Waals surface area (Å²) in [5, 5.41) is 8.92. The van der Waals surface area contributed by atoms with E-state index >= 15 is 0 Å². The first-order chi connectivity index (χ1) is 27.8. The third-order valence-corrected chi connectivity index (χ3v) is 11.8. The number of rotatable bonds is 9. The molecule has 0 aliphatic heterocycles. The number of nitrogens with zero attached hydrogens (tertiary/aromatic N) is 2. The number of benzene rings is 4. The van der Waals surface area contributed by atoms with Gasteiger partial charge in [0.15, 0.2) is 0 Å². The van der Waals surface area contributed by atoms with Gasteiger partial charge in [-0.25, -0.2) is 9.78 Å². The molecule has 0 saturated carbocycles. The highest BCUT2D eigenvalue weighted by molar-refractivity contribution is 7.21. The molecular weight excluding hydrogens is 772 g/mol. The first-order valence-electron chi connectivity index (χ1n) is 17.7. The van der Waals surface area contributed by atoms with Crippen molar-refractivity contribution in [2.24, 2.45) is 5.73 Å². The van der Waals surface area contributed by atoms with E-state index in [1.807, 2.05) is 85.1 Å². The van der Waals surface area contributed by atoms with Crippen LogP contribution in [0.25, 0.3) is 53.8 Å². The third-order valence-electron chi connectivity index (χ3n) is 9.10. The Morgan fingerprint density at radius 1 is 0.649 bits per heavy atom. The van der Waals surface area contributed by atoms with Crippen LogP contribution in [0.4, 0.5) is 22.7 Å². The lowest BCUT2D eigenvalue weighted by atomic mass is 10.1. The number of esters is 1. The van der Waals surface area contributed by atoms with Gasteiger partial charge < -0.3 is 26.1 Å². The monoisotopic (exact) mass is 804 g/mol. The number of carbonyl (C=O) groups excluding carboxylic acids is 2. The van der Waals surface area contributed by atoms with Crippen molar-refractivity contribution in [2.75, 3.05) is 17.7 Å². The Hall–Kier alpha value is -6.79. The summed E-state index contributed by atoms with van der Waals surface area (Å²) >= 11 is 8.83. The average molecular weight is 805 g/mol. The minimum atomic E-state index is -0.438. The molecule has 4 aromatic carbocycles. The average Bonchev–Trinajstić information content (AvgIpc) is 4.05. The molecule has 0 bridgehead atoms. The molecule has 5 N–H and O–H groups in total. The maximum absolute atomic E-state index is 11.8. The van der Waals surface area contributed by atoms with Crippen LogP contribution in [0, 0.1) is 0 Å². The number of amides is 1. The zero-order valence-electron chi connectivity index (χ0n) is 30.3. The van der Waals surface area contributed by atoms with E-state index in [4.69, 9.17) is 22.1 Å². The molecule has 0 fully saturated rings. The number of halogens is 1. The Bertz CT molecular complexity index is 2820. The molecule has 0 spiro atoms. The molecule has 57 heavy (non-hydrogen) atoms. The second-order valence-corrected chi connectivity index (χ2v) is 15.2. The van der Waals surface area contributed by atoms with Gasteiger partial charge >= 0.3 is 5.97 Å². The Morgan fingerprint density at radius 2 is 1.16 bits per heavy atom. The van der Waals surface area contributed by atoms with E-state index in [0.29, 0.717) is 14.9 Å². The zero-order valence-corrected chi connectivity index (χ0v) is 32.7. The normalized spacial score (nSPS) is 10.8. The molecule has 9 rings (SSSR count). The number of anilines is 4. The maximum Gasteiger partial charge on any atom is 0.348 e. The highest BCUT2D eigenvalue weighted by Gasteiger charge is 2.18. The fourth-order valence-corrected chi connectivity index (χ4v) is 8.55. The van der Waals surface area contributed by atoms with Gasteiger partial charge in [0.1, 0.15) is 15.7 Å². The number of thiophene rings is 2. The van der Waals surface area contributed by atoms with E-state index < -0.39 is 5.91 Å². The number of aromatic amines is 1. The third kappa shape index (κ3) is 8.12. The van der Waals surface area contributed by atoms with Crippen LogP contribution >= 0.6 is 34.3 Å². The van der Waals surface area contributed by atoms with Crippen LogP contribution in [-0.4, -0.2) is 33.9 Å². The van der Waals surface area contributed by atoms with E-state index in [0.717, 1.165) is 65.4 Å². The van der Waals surface area contributed by atoms with Crippen LogP contribution in [-0.2, 0) is 4.74 Å². The van der Waals surface area contributed by atoms with E-state index in [-0.39, 0.29) is 5.97 Å². The largest absolute Gasteiger partial charge is 0.465 e. The minimum absolute atomic E-state index is 0.370. The molecule has 0 aliphatic carbocycles. The SMILES string of the molecule is COC(=O)c1cc2c(Nc3ccc(-c4ccccc4)cc3)cnc(Cl)c2s1.NC(=O)c1cc2c(Nc3ccc(-c4ccccc4)cc3)cnc(-c3ccc[nH]3)c2s1. The number of hydrogen-bond acceptors (Lipinski definition) is 9. The number of H-pyrrole nitrogens is 1. The van der Waals surface area contributed by atoms with Gasteiger partial charge in [-0.2, -0.15) is 0 Å². The van der Waals surface area contributed by atoms with Crippen LogP contribution in [0.15, 0.2) is 152 Å².